The van der Waals surface area contributed by atoms with Crippen LogP contribution in [0.2, 0.25) is 0 Å². The number of H-pyrrole nitrogens is 1. The molecule has 1 aromatic carbocycles. The number of nitrogens with zero attached hydrogens (tertiary/aromatic N) is 1. The molecule has 1 atom stereocenters. The molecule has 0 radical (unpaired) electrons. The Morgan fingerprint density at radius 2 is 2.25 bits per heavy atom. The number of rotatable bonds is 4. The minimum absolute atomic E-state index is 0.0548. The van der Waals surface area contributed by atoms with Gasteiger partial charge in [0.25, 0.3) is 5.82 Å². The quantitative estimate of drug-likeness (QED) is 0.810. The molecule has 24 heavy (non-hydrogen) atoms. The highest BCUT2D eigenvalue weighted by molar-refractivity contribution is 5.85. The van der Waals surface area contributed by atoms with Gasteiger partial charge in [-0.3, -0.25) is 9.69 Å². The number of para-hydroxylation sites is 1. The Labute approximate surface area is 142 Å². The van der Waals surface area contributed by atoms with Crippen LogP contribution in [0.5, 0.6) is 5.75 Å². The number of aromatic amines is 1. The number of carbonyl (C=O) groups is 1. The van der Waals surface area contributed by atoms with E-state index in [1.807, 2.05) is 19.1 Å². The second-order valence-corrected chi connectivity index (χ2v) is 6.26. The number of esters is 1. The van der Waals surface area contributed by atoms with Gasteiger partial charge in [0.2, 0.25) is 0 Å². The lowest BCUT2D eigenvalue weighted by molar-refractivity contribution is -0.331. The standard InChI is InChI=1S/C19H24N2O3/c1-4-24-19(22)14-7-6-10-21(12-14)17-11-13(2)15-8-5-9-16(23-3)18(15)20-17/h5,8-9,11,14H,4,6-7,10,12H2,1-3H3/p+1/t14-/m0/s1. The maximum atomic E-state index is 12.1. The van der Waals surface area contributed by atoms with E-state index in [4.69, 9.17) is 9.47 Å². The second kappa shape index (κ2) is 7.07. The Morgan fingerprint density at radius 1 is 1.42 bits per heavy atom. The SMILES string of the molecule is CCOC(=O)[C@H]1CCCN(c2cc(C)c3cccc(OC)c3[nH+]2)C1. The molecule has 1 saturated heterocycles. The number of piperidine rings is 1. The van der Waals surface area contributed by atoms with Gasteiger partial charge >= 0.3 is 5.97 Å². The van der Waals surface area contributed by atoms with Crippen molar-refractivity contribution < 1.29 is 19.3 Å². The van der Waals surface area contributed by atoms with Crippen molar-refractivity contribution in [2.45, 2.75) is 26.7 Å². The third-order valence-corrected chi connectivity index (χ3v) is 4.66. The summed E-state index contributed by atoms with van der Waals surface area (Å²) >= 11 is 0. The topological polar surface area (TPSA) is 52.9 Å². The molecule has 1 N–H and O–H groups in total. The molecule has 3 rings (SSSR count). The van der Waals surface area contributed by atoms with Gasteiger partial charge < -0.3 is 9.47 Å². The molecule has 128 valence electrons. The van der Waals surface area contributed by atoms with E-state index in [-0.39, 0.29) is 11.9 Å². The molecule has 1 aliphatic rings. The maximum absolute atomic E-state index is 12.1. The lowest BCUT2D eigenvalue weighted by atomic mass is 9.98. The van der Waals surface area contributed by atoms with Gasteiger partial charge in [0, 0.05) is 11.5 Å². The van der Waals surface area contributed by atoms with Crippen LogP contribution in [-0.2, 0) is 9.53 Å². The predicted molar refractivity (Wildman–Crippen MR) is 93.4 cm³/mol. The van der Waals surface area contributed by atoms with Crippen LogP contribution in [0, 0.1) is 12.8 Å². The maximum Gasteiger partial charge on any atom is 0.312 e. The zero-order chi connectivity index (χ0) is 17.1. The second-order valence-electron chi connectivity index (χ2n) is 6.26. The Balaban J connectivity index is 1.92. The first-order chi connectivity index (χ1) is 11.6. The molecule has 0 amide bonds. The van der Waals surface area contributed by atoms with E-state index in [0.717, 1.165) is 41.9 Å². The number of benzene rings is 1. The summed E-state index contributed by atoms with van der Waals surface area (Å²) in [5, 5.41) is 1.15. The van der Waals surface area contributed by atoms with Crippen molar-refractivity contribution in [1.29, 1.82) is 0 Å². The monoisotopic (exact) mass is 329 g/mol. The van der Waals surface area contributed by atoms with Crippen LogP contribution in [0.25, 0.3) is 10.9 Å². The van der Waals surface area contributed by atoms with Crippen molar-refractivity contribution >= 4 is 22.7 Å². The van der Waals surface area contributed by atoms with Crippen LogP contribution in [0.4, 0.5) is 5.82 Å². The van der Waals surface area contributed by atoms with E-state index in [1.165, 1.54) is 5.56 Å². The molecular formula is C19H25N2O3+. The van der Waals surface area contributed by atoms with E-state index in [2.05, 4.69) is 28.9 Å². The van der Waals surface area contributed by atoms with E-state index in [0.29, 0.717) is 13.2 Å². The summed E-state index contributed by atoms with van der Waals surface area (Å²) in [6, 6.07) is 8.19. The molecule has 0 aliphatic carbocycles. The fraction of sp³-hybridized carbons (Fsp3) is 0.474. The van der Waals surface area contributed by atoms with Crippen LogP contribution >= 0.6 is 0 Å². The lowest BCUT2D eigenvalue weighted by Gasteiger charge is -2.27. The number of carbonyl (C=O) groups excluding carboxylic acids is 1. The summed E-state index contributed by atoms with van der Waals surface area (Å²) in [4.78, 5) is 17.8. The highest BCUT2D eigenvalue weighted by Gasteiger charge is 2.32. The number of aryl methyl sites for hydroxylation is 1. The minimum atomic E-state index is -0.0858. The Morgan fingerprint density at radius 3 is 3.00 bits per heavy atom. The Hall–Kier alpha value is -2.30. The number of nitrogens with one attached hydrogen (secondary N) is 1. The number of fused-ring (bicyclic) bond motifs is 1. The minimum Gasteiger partial charge on any atom is -0.492 e. The molecule has 0 saturated carbocycles. The summed E-state index contributed by atoms with van der Waals surface area (Å²) in [7, 11) is 1.68. The number of hydrogen-bond donors (Lipinski definition) is 0. The molecule has 2 heterocycles. The third-order valence-electron chi connectivity index (χ3n) is 4.66. The molecule has 0 spiro atoms. The summed E-state index contributed by atoms with van der Waals surface area (Å²) in [5.74, 6) is 1.72. The number of anilines is 1. The van der Waals surface area contributed by atoms with Crippen molar-refractivity contribution in [1.82, 2.24) is 0 Å². The molecule has 1 aliphatic heterocycles. The molecular weight excluding hydrogens is 304 g/mol. The van der Waals surface area contributed by atoms with Crippen molar-refractivity contribution in [2.24, 2.45) is 5.92 Å². The first-order valence-electron chi connectivity index (χ1n) is 8.55. The highest BCUT2D eigenvalue weighted by Crippen LogP contribution is 2.28. The zero-order valence-corrected chi connectivity index (χ0v) is 14.6. The number of methoxy groups -OCH3 is 1. The molecule has 1 fully saturated rings. The average molecular weight is 329 g/mol. The number of hydrogen-bond acceptors (Lipinski definition) is 4. The van der Waals surface area contributed by atoms with Gasteiger partial charge in [-0.25, -0.2) is 4.98 Å². The van der Waals surface area contributed by atoms with E-state index < -0.39 is 0 Å². The van der Waals surface area contributed by atoms with E-state index in [1.54, 1.807) is 7.11 Å². The summed E-state index contributed by atoms with van der Waals surface area (Å²) < 4.78 is 10.7. The van der Waals surface area contributed by atoms with E-state index >= 15 is 0 Å². The highest BCUT2D eigenvalue weighted by atomic mass is 16.5. The van der Waals surface area contributed by atoms with E-state index in [9.17, 15) is 4.79 Å². The third kappa shape index (κ3) is 3.16. The summed E-state index contributed by atoms with van der Waals surface area (Å²) in [6.45, 7) is 6.02. The van der Waals surface area contributed by atoms with Gasteiger partial charge in [0.05, 0.1) is 32.7 Å². The van der Waals surface area contributed by atoms with Crippen LogP contribution in [0.15, 0.2) is 24.3 Å². The van der Waals surface area contributed by atoms with Gasteiger partial charge in [0.15, 0.2) is 11.3 Å². The van der Waals surface area contributed by atoms with Crippen LogP contribution in [0.1, 0.15) is 25.3 Å². The molecule has 1 aromatic heterocycles. The molecule has 0 bridgehead atoms. The van der Waals surface area contributed by atoms with Crippen LogP contribution in [-0.4, -0.2) is 32.8 Å². The van der Waals surface area contributed by atoms with Crippen molar-refractivity contribution in [3.05, 3.63) is 29.8 Å². The van der Waals surface area contributed by atoms with Gasteiger partial charge in [-0.2, -0.15) is 0 Å². The first-order valence-corrected chi connectivity index (χ1v) is 8.55. The largest absolute Gasteiger partial charge is 0.492 e. The smallest absolute Gasteiger partial charge is 0.312 e. The first kappa shape index (κ1) is 16.6. The fourth-order valence-corrected chi connectivity index (χ4v) is 3.42. The molecule has 2 aromatic rings. The summed E-state index contributed by atoms with van der Waals surface area (Å²) in [5.41, 5.74) is 2.18. The number of ether oxygens (including phenoxy) is 2. The predicted octanol–water partition coefficient (Wildman–Crippen LogP) is 2.75. The zero-order valence-electron chi connectivity index (χ0n) is 14.6. The van der Waals surface area contributed by atoms with Gasteiger partial charge in [-0.1, -0.05) is 12.1 Å². The molecule has 0 unspecified atom stereocenters. The molecule has 5 heteroatoms. The van der Waals surface area contributed by atoms with Crippen molar-refractivity contribution in [2.75, 3.05) is 31.7 Å². The van der Waals surface area contributed by atoms with Gasteiger partial charge in [-0.15, -0.1) is 0 Å². The number of aromatic nitrogens is 1. The van der Waals surface area contributed by atoms with Gasteiger partial charge in [-0.05, 0) is 38.3 Å². The fourth-order valence-electron chi connectivity index (χ4n) is 3.42. The molecule has 5 nitrogen and oxygen atoms in total. The number of pyridine rings is 1. The van der Waals surface area contributed by atoms with Crippen molar-refractivity contribution in [3.8, 4) is 5.75 Å². The van der Waals surface area contributed by atoms with Crippen LogP contribution in [0.3, 0.4) is 0 Å². The average Bonchev–Trinajstić information content (AvgIpc) is 2.61. The van der Waals surface area contributed by atoms with Crippen molar-refractivity contribution in [3.63, 3.8) is 0 Å². The lowest BCUT2D eigenvalue weighted by Crippen LogP contribution is -2.41. The van der Waals surface area contributed by atoms with Gasteiger partial charge in [0.1, 0.15) is 0 Å². The Kier molecular flexibility index (Phi) is 4.88. The summed E-state index contributed by atoms with van der Waals surface area (Å²) in [6.07, 6.45) is 1.88. The normalized spacial score (nSPS) is 17.8. The Bertz CT molecular complexity index is 745. The van der Waals surface area contributed by atoms with Crippen LogP contribution < -0.4 is 14.6 Å².